The molecule has 0 radical (unpaired) electrons. The van der Waals surface area contributed by atoms with E-state index < -0.39 is 0 Å². The topological polar surface area (TPSA) is 26.0 Å². The van der Waals surface area contributed by atoms with Crippen LogP contribution in [0.4, 0.5) is 4.39 Å². The van der Waals surface area contributed by atoms with Crippen LogP contribution in [0.2, 0.25) is 0 Å². The highest BCUT2D eigenvalue weighted by Gasteiger charge is 2.09. The highest BCUT2D eigenvalue weighted by atomic mass is 79.9. The van der Waals surface area contributed by atoms with E-state index in [1.165, 1.54) is 6.07 Å². The zero-order valence-corrected chi connectivity index (χ0v) is 8.94. The smallest absolute Gasteiger partial charge is 0.127 e. The van der Waals surface area contributed by atoms with Crippen molar-refractivity contribution in [3.63, 3.8) is 0 Å². The van der Waals surface area contributed by atoms with Crippen LogP contribution in [-0.2, 0) is 0 Å². The van der Waals surface area contributed by atoms with E-state index in [2.05, 4.69) is 22.5 Å². The van der Waals surface area contributed by atoms with Crippen LogP contribution in [0, 0.1) is 12.7 Å². The number of benzene rings is 1. The van der Waals surface area contributed by atoms with Crippen LogP contribution in [0.5, 0.6) is 0 Å². The molecule has 1 atom stereocenters. The van der Waals surface area contributed by atoms with Gasteiger partial charge in [0.15, 0.2) is 0 Å². The van der Waals surface area contributed by atoms with Crippen LogP contribution < -0.4 is 5.73 Å². The molecule has 0 bridgehead atoms. The van der Waals surface area contributed by atoms with Crippen LogP contribution in [0.25, 0.3) is 0 Å². The third-order valence-electron chi connectivity index (χ3n) is 1.89. The Morgan fingerprint density at radius 1 is 1.62 bits per heavy atom. The van der Waals surface area contributed by atoms with E-state index >= 15 is 0 Å². The fourth-order valence-electron chi connectivity index (χ4n) is 1.06. The van der Waals surface area contributed by atoms with Gasteiger partial charge in [0.05, 0.1) is 0 Å². The van der Waals surface area contributed by atoms with Crippen LogP contribution in [0.15, 0.2) is 29.3 Å². The van der Waals surface area contributed by atoms with Crippen molar-refractivity contribution in [2.75, 3.05) is 0 Å². The number of aryl methyl sites for hydroxylation is 1. The summed E-state index contributed by atoms with van der Waals surface area (Å²) in [5.74, 6) is -0.230. The van der Waals surface area contributed by atoms with Crippen molar-refractivity contribution < 1.29 is 4.39 Å². The molecule has 0 unspecified atom stereocenters. The van der Waals surface area contributed by atoms with Crippen molar-refractivity contribution in [3.8, 4) is 0 Å². The summed E-state index contributed by atoms with van der Waals surface area (Å²) in [5.41, 5.74) is 7.19. The van der Waals surface area contributed by atoms with Crippen molar-refractivity contribution >= 4 is 15.9 Å². The monoisotopic (exact) mass is 243 g/mol. The van der Waals surface area contributed by atoms with Crippen molar-refractivity contribution in [2.45, 2.75) is 13.0 Å². The van der Waals surface area contributed by atoms with Crippen molar-refractivity contribution in [3.05, 3.63) is 46.2 Å². The fraction of sp³-hybridized carbons (Fsp3) is 0.200. The normalized spacial score (nSPS) is 12.6. The molecule has 2 N–H and O–H groups in total. The Morgan fingerprint density at radius 3 is 2.77 bits per heavy atom. The molecular formula is C10H11BrFN. The lowest BCUT2D eigenvalue weighted by Gasteiger charge is -2.10. The van der Waals surface area contributed by atoms with Gasteiger partial charge in [-0.15, -0.1) is 6.58 Å². The molecule has 0 aliphatic carbocycles. The average Bonchev–Trinajstić information content (AvgIpc) is 2.10. The van der Waals surface area contributed by atoms with E-state index in [1.54, 1.807) is 19.1 Å². The van der Waals surface area contributed by atoms with Crippen LogP contribution >= 0.6 is 15.9 Å². The van der Waals surface area contributed by atoms with Crippen LogP contribution in [0.3, 0.4) is 0 Å². The van der Waals surface area contributed by atoms with Gasteiger partial charge in [0.2, 0.25) is 0 Å². The zero-order chi connectivity index (χ0) is 10.0. The van der Waals surface area contributed by atoms with Gasteiger partial charge in [-0.25, -0.2) is 4.39 Å². The molecule has 0 aromatic heterocycles. The van der Waals surface area contributed by atoms with Gasteiger partial charge >= 0.3 is 0 Å². The Kier molecular flexibility index (Phi) is 3.22. The van der Waals surface area contributed by atoms with Gasteiger partial charge in [-0.2, -0.15) is 0 Å². The lowest BCUT2D eigenvalue weighted by molar-refractivity contribution is 0.616. The summed E-state index contributed by atoms with van der Waals surface area (Å²) in [5, 5.41) is 0. The molecule has 1 aromatic rings. The second-order valence-electron chi connectivity index (χ2n) is 2.88. The first-order valence-corrected chi connectivity index (χ1v) is 4.69. The second kappa shape index (κ2) is 4.03. The quantitative estimate of drug-likeness (QED) is 0.795. The van der Waals surface area contributed by atoms with E-state index in [4.69, 9.17) is 5.73 Å². The van der Waals surface area contributed by atoms with Gasteiger partial charge in [0.1, 0.15) is 5.82 Å². The molecule has 13 heavy (non-hydrogen) atoms. The number of nitrogens with two attached hydrogens (primary N) is 1. The van der Waals surface area contributed by atoms with E-state index in [9.17, 15) is 4.39 Å². The molecule has 0 saturated carbocycles. The third kappa shape index (κ3) is 2.17. The second-order valence-corrected chi connectivity index (χ2v) is 3.74. The first-order valence-electron chi connectivity index (χ1n) is 3.90. The Hall–Kier alpha value is -0.670. The predicted molar refractivity (Wildman–Crippen MR) is 56.0 cm³/mol. The first-order chi connectivity index (χ1) is 6.06. The maximum Gasteiger partial charge on any atom is 0.127 e. The molecule has 70 valence electrons. The van der Waals surface area contributed by atoms with Gasteiger partial charge < -0.3 is 5.73 Å². The molecule has 1 rings (SSSR count). The molecule has 0 saturated heterocycles. The summed E-state index contributed by atoms with van der Waals surface area (Å²) < 4.78 is 13.7. The molecule has 1 nitrogen and oxygen atoms in total. The molecule has 0 aliphatic heterocycles. The maximum atomic E-state index is 13.0. The highest BCUT2D eigenvalue weighted by Crippen LogP contribution is 2.25. The average molecular weight is 244 g/mol. The maximum absolute atomic E-state index is 13.0. The fourth-order valence-corrected chi connectivity index (χ4v) is 1.64. The summed E-state index contributed by atoms with van der Waals surface area (Å²) in [6.45, 7) is 5.30. The van der Waals surface area contributed by atoms with E-state index in [1.807, 2.05) is 0 Å². The Balaban J connectivity index is 3.22. The molecule has 0 fully saturated rings. The van der Waals surface area contributed by atoms with Crippen LogP contribution in [0.1, 0.15) is 17.2 Å². The first kappa shape index (κ1) is 10.4. The van der Waals surface area contributed by atoms with Crippen LogP contribution in [-0.4, -0.2) is 0 Å². The lowest BCUT2D eigenvalue weighted by Crippen LogP contribution is -2.08. The molecule has 3 heteroatoms. The van der Waals surface area contributed by atoms with E-state index in [0.717, 1.165) is 5.56 Å². The SMILES string of the molecule is C=C[C@@H](N)c1cc(C)c(F)cc1Br. The van der Waals surface area contributed by atoms with Gasteiger partial charge in [-0.05, 0) is 24.1 Å². The number of hydrogen-bond donors (Lipinski definition) is 1. The van der Waals surface area contributed by atoms with Gasteiger partial charge in [0.25, 0.3) is 0 Å². The van der Waals surface area contributed by atoms with E-state index in [-0.39, 0.29) is 11.9 Å². The third-order valence-corrected chi connectivity index (χ3v) is 2.58. The van der Waals surface area contributed by atoms with Gasteiger partial charge in [-0.1, -0.05) is 28.1 Å². The Morgan fingerprint density at radius 2 is 2.23 bits per heavy atom. The summed E-state index contributed by atoms with van der Waals surface area (Å²) in [7, 11) is 0. The Labute approximate surface area is 85.6 Å². The van der Waals surface area contributed by atoms with Gasteiger partial charge in [-0.3, -0.25) is 0 Å². The summed E-state index contributed by atoms with van der Waals surface area (Å²) in [6, 6.07) is 2.90. The minimum atomic E-state index is -0.256. The molecule has 0 spiro atoms. The van der Waals surface area contributed by atoms with Crippen molar-refractivity contribution in [1.29, 1.82) is 0 Å². The van der Waals surface area contributed by atoms with Crippen molar-refractivity contribution in [1.82, 2.24) is 0 Å². The molecule has 0 amide bonds. The summed E-state index contributed by atoms with van der Waals surface area (Å²) in [6.07, 6.45) is 1.62. The lowest BCUT2D eigenvalue weighted by atomic mass is 10.1. The number of hydrogen-bond acceptors (Lipinski definition) is 1. The number of halogens is 2. The van der Waals surface area contributed by atoms with E-state index in [0.29, 0.717) is 10.0 Å². The van der Waals surface area contributed by atoms with Crippen molar-refractivity contribution in [2.24, 2.45) is 5.73 Å². The molecule has 0 heterocycles. The standard InChI is InChI=1S/C10H11BrFN/c1-3-10(13)7-4-6(2)9(12)5-8(7)11/h3-5,10H,1,13H2,2H3/t10-/m1/s1. The minimum Gasteiger partial charge on any atom is -0.321 e. The Bertz CT molecular complexity index is 336. The largest absolute Gasteiger partial charge is 0.321 e. The molecule has 1 aromatic carbocycles. The molecular weight excluding hydrogens is 233 g/mol. The summed E-state index contributed by atoms with van der Waals surface area (Å²) in [4.78, 5) is 0. The summed E-state index contributed by atoms with van der Waals surface area (Å²) >= 11 is 3.25. The predicted octanol–water partition coefficient (Wildman–Crippen LogP) is 3.08. The minimum absolute atomic E-state index is 0.230. The zero-order valence-electron chi connectivity index (χ0n) is 7.35. The highest BCUT2D eigenvalue weighted by molar-refractivity contribution is 9.10. The molecule has 0 aliphatic rings. The van der Waals surface area contributed by atoms with Gasteiger partial charge in [0, 0.05) is 10.5 Å². The number of rotatable bonds is 2.